The number of hydrogen-bond donors (Lipinski definition) is 1. The van der Waals surface area contributed by atoms with Crippen LogP contribution in [0.4, 0.5) is 0 Å². The molecule has 16 heavy (non-hydrogen) atoms. The molecule has 0 amide bonds. The van der Waals surface area contributed by atoms with E-state index >= 15 is 0 Å². The van der Waals surface area contributed by atoms with Gasteiger partial charge in [-0.3, -0.25) is 9.69 Å². The van der Waals surface area contributed by atoms with Crippen molar-refractivity contribution in [2.75, 3.05) is 24.6 Å². The minimum Gasteiger partial charge on any atom is -0.480 e. The van der Waals surface area contributed by atoms with Crippen molar-refractivity contribution in [1.82, 2.24) is 4.90 Å². The molecule has 0 heterocycles. The van der Waals surface area contributed by atoms with Crippen LogP contribution in [-0.2, 0) is 14.6 Å². The number of rotatable bonds is 7. The molecule has 0 bridgehead atoms. The molecular formula is C10H21NO4S. The standard InChI is InChI=1S/C10H21NO4S/c1-5-11(10(3,4)9(12)13)7-8-16(14,15)6-2/h5-8H2,1-4H3,(H,12,13). The highest BCUT2D eigenvalue weighted by atomic mass is 32.2. The molecule has 0 aliphatic rings. The topological polar surface area (TPSA) is 74.7 Å². The predicted octanol–water partition coefficient (Wildman–Crippen LogP) is 0.606. The summed E-state index contributed by atoms with van der Waals surface area (Å²) in [5, 5.41) is 9.04. The van der Waals surface area contributed by atoms with Crippen molar-refractivity contribution in [3.63, 3.8) is 0 Å². The highest BCUT2D eigenvalue weighted by Crippen LogP contribution is 2.14. The first-order valence-electron chi connectivity index (χ1n) is 5.36. The zero-order valence-electron chi connectivity index (χ0n) is 10.4. The molecule has 0 saturated heterocycles. The van der Waals surface area contributed by atoms with Crippen LogP contribution in [0.5, 0.6) is 0 Å². The van der Waals surface area contributed by atoms with Gasteiger partial charge in [0.15, 0.2) is 9.84 Å². The van der Waals surface area contributed by atoms with E-state index in [0.717, 1.165) is 0 Å². The molecule has 0 saturated carbocycles. The van der Waals surface area contributed by atoms with Crippen LogP contribution >= 0.6 is 0 Å². The summed E-state index contributed by atoms with van der Waals surface area (Å²) < 4.78 is 22.7. The Morgan fingerprint density at radius 2 is 1.81 bits per heavy atom. The number of sulfone groups is 1. The maximum Gasteiger partial charge on any atom is 0.323 e. The Morgan fingerprint density at radius 1 is 1.31 bits per heavy atom. The molecule has 0 spiro atoms. The lowest BCUT2D eigenvalue weighted by atomic mass is 10.0. The largest absolute Gasteiger partial charge is 0.480 e. The average Bonchev–Trinajstić information content (AvgIpc) is 2.18. The van der Waals surface area contributed by atoms with Gasteiger partial charge in [-0.2, -0.15) is 0 Å². The van der Waals surface area contributed by atoms with Crippen molar-refractivity contribution in [3.05, 3.63) is 0 Å². The molecule has 0 aromatic carbocycles. The molecule has 0 radical (unpaired) electrons. The Labute approximate surface area is 97.4 Å². The second-order valence-corrected chi connectivity index (χ2v) is 6.65. The van der Waals surface area contributed by atoms with Gasteiger partial charge in [0.2, 0.25) is 0 Å². The lowest BCUT2D eigenvalue weighted by Crippen LogP contribution is -2.51. The van der Waals surface area contributed by atoms with Crippen LogP contribution in [-0.4, -0.2) is 54.5 Å². The Hall–Kier alpha value is -0.620. The zero-order valence-corrected chi connectivity index (χ0v) is 11.2. The Morgan fingerprint density at radius 3 is 2.12 bits per heavy atom. The molecule has 96 valence electrons. The Balaban J connectivity index is 4.61. The molecule has 0 fully saturated rings. The maximum atomic E-state index is 11.3. The highest BCUT2D eigenvalue weighted by molar-refractivity contribution is 7.91. The van der Waals surface area contributed by atoms with Crippen LogP contribution in [0.1, 0.15) is 27.7 Å². The maximum absolute atomic E-state index is 11.3. The summed E-state index contributed by atoms with van der Waals surface area (Å²) in [5.74, 6) is -0.838. The van der Waals surface area contributed by atoms with E-state index in [1.54, 1.807) is 25.7 Å². The van der Waals surface area contributed by atoms with Gasteiger partial charge in [0.05, 0.1) is 5.75 Å². The number of aliphatic carboxylic acids is 1. The van der Waals surface area contributed by atoms with Crippen LogP contribution < -0.4 is 0 Å². The van der Waals surface area contributed by atoms with E-state index in [1.807, 2.05) is 6.92 Å². The number of carbonyl (C=O) groups is 1. The summed E-state index contributed by atoms with van der Waals surface area (Å²) >= 11 is 0. The van der Waals surface area contributed by atoms with Crippen LogP contribution in [0.3, 0.4) is 0 Å². The first kappa shape index (κ1) is 15.4. The van der Waals surface area contributed by atoms with Gasteiger partial charge >= 0.3 is 5.97 Å². The van der Waals surface area contributed by atoms with Gasteiger partial charge in [-0.25, -0.2) is 8.42 Å². The van der Waals surface area contributed by atoms with Crippen LogP contribution in [0.2, 0.25) is 0 Å². The number of carboxylic acids is 1. The van der Waals surface area contributed by atoms with E-state index < -0.39 is 21.3 Å². The second kappa shape index (κ2) is 5.63. The highest BCUT2D eigenvalue weighted by Gasteiger charge is 2.33. The molecule has 0 aromatic rings. The minimum atomic E-state index is -3.05. The quantitative estimate of drug-likeness (QED) is 0.717. The summed E-state index contributed by atoms with van der Waals surface area (Å²) in [4.78, 5) is 12.7. The molecule has 6 heteroatoms. The van der Waals surface area contributed by atoms with Crippen molar-refractivity contribution in [2.45, 2.75) is 33.2 Å². The number of hydrogen-bond acceptors (Lipinski definition) is 4. The fourth-order valence-corrected chi connectivity index (χ4v) is 2.15. The van der Waals surface area contributed by atoms with E-state index in [0.29, 0.717) is 6.54 Å². The first-order chi connectivity index (χ1) is 7.17. The van der Waals surface area contributed by atoms with Crippen molar-refractivity contribution < 1.29 is 18.3 Å². The van der Waals surface area contributed by atoms with E-state index in [4.69, 9.17) is 5.11 Å². The smallest absolute Gasteiger partial charge is 0.323 e. The van der Waals surface area contributed by atoms with Gasteiger partial charge < -0.3 is 5.11 Å². The van der Waals surface area contributed by atoms with Crippen molar-refractivity contribution in [3.8, 4) is 0 Å². The normalized spacial score (nSPS) is 13.1. The monoisotopic (exact) mass is 251 g/mol. The molecule has 0 unspecified atom stereocenters. The molecule has 1 N–H and O–H groups in total. The third-order valence-electron chi connectivity index (χ3n) is 2.81. The first-order valence-corrected chi connectivity index (χ1v) is 7.18. The lowest BCUT2D eigenvalue weighted by molar-refractivity contribution is -0.149. The fourth-order valence-electron chi connectivity index (χ4n) is 1.36. The summed E-state index contributed by atoms with van der Waals surface area (Å²) in [5.41, 5.74) is -1.03. The Bertz CT molecular complexity index is 335. The molecule has 0 aromatic heterocycles. The van der Waals surface area contributed by atoms with Crippen LogP contribution in [0.25, 0.3) is 0 Å². The van der Waals surface area contributed by atoms with E-state index in [2.05, 4.69) is 0 Å². The number of carboxylic acid groups (broad SMARTS) is 1. The third-order valence-corrected chi connectivity index (χ3v) is 4.49. The summed E-state index contributed by atoms with van der Waals surface area (Å²) in [6.45, 7) is 7.34. The predicted molar refractivity (Wildman–Crippen MR) is 63.3 cm³/mol. The van der Waals surface area contributed by atoms with Gasteiger partial charge in [-0.1, -0.05) is 13.8 Å². The van der Waals surface area contributed by atoms with Crippen LogP contribution in [0, 0.1) is 0 Å². The average molecular weight is 251 g/mol. The van der Waals surface area contributed by atoms with Crippen molar-refractivity contribution >= 4 is 15.8 Å². The second-order valence-electron chi connectivity index (χ2n) is 4.18. The SMILES string of the molecule is CCN(CCS(=O)(=O)CC)C(C)(C)C(=O)O. The van der Waals surface area contributed by atoms with Gasteiger partial charge in [0.1, 0.15) is 5.54 Å². The van der Waals surface area contributed by atoms with Gasteiger partial charge in [-0.15, -0.1) is 0 Å². The van der Waals surface area contributed by atoms with E-state index in [1.165, 1.54) is 0 Å². The van der Waals surface area contributed by atoms with Gasteiger partial charge in [0, 0.05) is 12.3 Å². The molecule has 5 nitrogen and oxygen atoms in total. The molecule has 0 aliphatic heterocycles. The molecular weight excluding hydrogens is 230 g/mol. The number of likely N-dealkylation sites (N-methyl/N-ethyl adjacent to an activating group) is 1. The lowest BCUT2D eigenvalue weighted by Gasteiger charge is -2.33. The van der Waals surface area contributed by atoms with Crippen molar-refractivity contribution in [1.29, 1.82) is 0 Å². The zero-order chi connectivity index (χ0) is 13.0. The van der Waals surface area contributed by atoms with Gasteiger partial charge in [-0.05, 0) is 20.4 Å². The fraction of sp³-hybridized carbons (Fsp3) is 0.900. The van der Waals surface area contributed by atoms with E-state index in [-0.39, 0.29) is 18.1 Å². The van der Waals surface area contributed by atoms with E-state index in [9.17, 15) is 13.2 Å². The summed E-state index contributed by atoms with van der Waals surface area (Å²) in [7, 11) is -3.05. The Kier molecular flexibility index (Phi) is 5.41. The third kappa shape index (κ3) is 4.09. The minimum absolute atomic E-state index is 0.00799. The van der Waals surface area contributed by atoms with Gasteiger partial charge in [0.25, 0.3) is 0 Å². The number of nitrogens with zero attached hydrogens (tertiary/aromatic N) is 1. The van der Waals surface area contributed by atoms with Crippen LogP contribution in [0.15, 0.2) is 0 Å². The summed E-state index contributed by atoms with van der Waals surface area (Å²) in [6.07, 6.45) is 0. The van der Waals surface area contributed by atoms with Crippen molar-refractivity contribution in [2.24, 2.45) is 0 Å². The molecule has 0 rings (SSSR count). The summed E-state index contributed by atoms with van der Waals surface area (Å²) in [6, 6.07) is 0. The molecule has 0 aliphatic carbocycles. The molecule has 0 atom stereocenters.